The number of benzene rings is 2. The van der Waals surface area contributed by atoms with Crippen LogP contribution < -0.4 is 5.32 Å². The van der Waals surface area contributed by atoms with Crippen molar-refractivity contribution >= 4 is 28.7 Å². The normalized spacial score (nSPS) is 14.5. The van der Waals surface area contributed by atoms with E-state index in [4.69, 9.17) is 10.1 Å². The number of aryl methyl sites for hydroxylation is 2. The standard InChI is InChI=1S/C25H30N4O.C10H12O2/c1-18(2)29-15-13-20(14-16-29)21-17-26-22-11-12-23(28-25(21)22)27-24(30)10-6-9-19-7-4-3-5-8-19;11-10(12)8-4-7-9-5-2-1-3-6-9/h3-5,7-8,11-13,15,17-18,20,26H,6,9-10,14,16H2,1-2H3,(H,27,28,30);1-3,5-6H,4,7-8H2,(H,11,12). The number of carbonyl (C=O) groups is 2. The van der Waals surface area contributed by atoms with Crippen LogP contribution in [0.2, 0.25) is 0 Å². The predicted octanol–water partition coefficient (Wildman–Crippen LogP) is 7.33. The molecule has 7 nitrogen and oxygen atoms in total. The summed E-state index contributed by atoms with van der Waals surface area (Å²) < 4.78 is 0. The largest absolute Gasteiger partial charge is 0.481 e. The number of aromatic nitrogens is 2. The summed E-state index contributed by atoms with van der Waals surface area (Å²) in [5, 5.41) is 11.4. The zero-order valence-corrected chi connectivity index (χ0v) is 24.6. The molecular weight excluding hydrogens is 524 g/mol. The third kappa shape index (κ3) is 9.33. The number of carboxylic acids is 1. The second-order valence-electron chi connectivity index (χ2n) is 11.0. The Balaban J connectivity index is 0.000000283. The van der Waals surface area contributed by atoms with E-state index in [0.717, 1.165) is 49.7 Å². The lowest BCUT2D eigenvalue weighted by Crippen LogP contribution is -2.30. The summed E-state index contributed by atoms with van der Waals surface area (Å²) in [5.41, 5.74) is 5.62. The molecule has 2 aromatic heterocycles. The van der Waals surface area contributed by atoms with Crippen molar-refractivity contribution in [2.24, 2.45) is 0 Å². The van der Waals surface area contributed by atoms with Crippen LogP contribution in [-0.2, 0) is 22.4 Å². The molecule has 42 heavy (non-hydrogen) atoms. The maximum Gasteiger partial charge on any atom is 0.303 e. The van der Waals surface area contributed by atoms with Crippen molar-refractivity contribution in [1.82, 2.24) is 14.9 Å². The number of hydrogen-bond donors (Lipinski definition) is 3. The zero-order chi connectivity index (χ0) is 29.7. The molecule has 0 spiro atoms. The van der Waals surface area contributed by atoms with Crippen molar-refractivity contribution in [1.29, 1.82) is 0 Å². The van der Waals surface area contributed by atoms with E-state index in [1.54, 1.807) is 0 Å². The number of aromatic amines is 1. The van der Waals surface area contributed by atoms with Crippen molar-refractivity contribution in [2.45, 2.75) is 70.8 Å². The number of fused-ring (bicyclic) bond motifs is 1. The number of carboxylic acid groups (broad SMARTS) is 1. The third-order valence-corrected chi connectivity index (χ3v) is 7.50. The van der Waals surface area contributed by atoms with Gasteiger partial charge in [-0.1, -0.05) is 66.7 Å². The molecule has 0 saturated carbocycles. The number of amides is 1. The lowest BCUT2D eigenvalue weighted by atomic mass is 9.94. The van der Waals surface area contributed by atoms with Crippen LogP contribution >= 0.6 is 0 Å². The quantitative estimate of drug-likeness (QED) is 0.177. The number of hydrogen-bond acceptors (Lipinski definition) is 4. The van der Waals surface area contributed by atoms with Gasteiger partial charge in [-0.05, 0) is 75.4 Å². The molecule has 1 unspecified atom stereocenters. The van der Waals surface area contributed by atoms with Crippen LogP contribution in [0.5, 0.6) is 0 Å². The van der Waals surface area contributed by atoms with Gasteiger partial charge in [0.05, 0.1) is 11.0 Å². The minimum atomic E-state index is -0.717. The fourth-order valence-corrected chi connectivity index (χ4v) is 5.13. The Hall–Kier alpha value is -4.39. The first-order valence-electron chi connectivity index (χ1n) is 14.9. The average Bonchev–Trinajstić information content (AvgIpc) is 3.42. The lowest BCUT2D eigenvalue weighted by Gasteiger charge is -2.30. The Morgan fingerprint density at radius 1 is 0.952 bits per heavy atom. The van der Waals surface area contributed by atoms with E-state index in [9.17, 15) is 9.59 Å². The van der Waals surface area contributed by atoms with Crippen LogP contribution in [0.3, 0.4) is 0 Å². The number of anilines is 1. The molecule has 7 heteroatoms. The van der Waals surface area contributed by atoms with Crippen molar-refractivity contribution in [3.8, 4) is 0 Å². The molecule has 4 aromatic rings. The van der Waals surface area contributed by atoms with E-state index in [-0.39, 0.29) is 12.3 Å². The summed E-state index contributed by atoms with van der Waals surface area (Å²) in [6.45, 7) is 5.48. The van der Waals surface area contributed by atoms with E-state index in [1.807, 2.05) is 60.7 Å². The van der Waals surface area contributed by atoms with E-state index in [0.29, 0.717) is 24.2 Å². The van der Waals surface area contributed by atoms with Crippen molar-refractivity contribution in [3.63, 3.8) is 0 Å². The highest BCUT2D eigenvalue weighted by Crippen LogP contribution is 2.31. The van der Waals surface area contributed by atoms with E-state index < -0.39 is 5.97 Å². The van der Waals surface area contributed by atoms with Crippen molar-refractivity contribution < 1.29 is 14.7 Å². The van der Waals surface area contributed by atoms with E-state index in [2.05, 4.69) is 59.7 Å². The second kappa shape index (κ2) is 15.6. The monoisotopic (exact) mass is 566 g/mol. The van der Waals surface area contributed by atoms with Crippen LogP contribution in [0, 0.1) is 0 Å². The molecular formula is C35H42N4O3. The number of carbonyl (C=O) groups excluding carboxylic acids is 1. The minimum Gasteiger partial charge on any atom is -0.481 e. The smallest absolute Gasteiger partial charge is 0.303 e. The molecule has 3 N–H and O–H groups in total. The summed E-state index contributed by atoms with van der Waals surface area (Å²) >= 11 is 0. The Morgan fingerprint density at radius 2 is 1.60 bits per heavy atom. The Morgan fingerprint density at radius 3 is 2.17 bits per heavy atom. The van der Waals surface area contributed by atoms with Gasteiger partial charge in [-0.3, -0.25) is 9.59 Å². The Labute approximate surface area is 248 Å². The van der Waals surface area contributed by atoms with Crippen LogP contribution in [-0.4, -0.2) is 44.4 Å². The molecule has 5 rings (SSSR count). The highest BCUT2D eigenvalue weighted by molar-refractivity contribution is 5.91. The number of nitrogens with one attached hydrogen (secondary N) is 2. The first-order chi connectivity index (χ1) is 20.4. The summed E-state index contributed by atoms with van der Waals surface area (Å²) in [7, 11) is 0. The zero-order valence-electron chi connectivity index (χ0n) is 24.6. The Bertz CT molecular complexity index is 1450. The summed E-state index contributed by atoms with van der Waals surface area (Å²) in [5.74, 6) is 0.265. The van der Waals surface area contributed by atoms with Gasteiger partial charge in [0.2, 0.25) is 5.91 Å². The number of allylic oxidation sites excluding steroid dienone is 1. The molecule has 1 atom stereocenters. The van der Waals surface area contributed by atoms with Gasteiger partial charge in [-0.2, -0.15) is 0 Å². The number of aliphatic carboxylic acids is 1. The molecule has 0 saturated heterocycles. The fourth-order valence-electron chi connectivity index (χ4n) is 5.13. The number of nitrogens with zero attached hydrogens (tertiary/aromatic N) is 2. The number of rotatable bonds is 11. The van der Waals surface area contributed by atoms with Crippen molar-refractivity contribution in [2.75, 3.05) is 11.9 Å². The molecule has 1 aliphatic heterocycles. The molecule has 3 heterocycles. The number of H-pyrrole nitrogens is 1. The van der Waals surface area contributed by atoms with Gasteiger partial charge >= 0.3 is 5.97 Å². The van der Waals surface area contributed by atoms with Gasteiger partial charge in [0.15, 0.2) is 0 Å². The van der Waals surface area contributed by atoms with Gasteiger partial charge in [0, 0.05) is 43.1 Å². The Kier molecular flexibility index (Phi) is 11.3. The minimum absolute atomic E-state index is 0.0139. The SMILES string of the molecule is CC(C)N1C=CC(c2c[nH]c3ccc(NC(=O)CCCc4ccccc4)nc23)CC1.O=C(O)CCCc1ccccc1. The maximum atomic E-state index is 12.4. The van der Waals surface area contributed by atoms with Gasteiger partial charge in [0.25, 0.3) is 0 Å². The molecule has 0 radical (unpaired) electrons. The summed E-state index contributed by atoms with van der Waals surface area (Å²) in [6.07, 6.45) is 11.7. The van der Waals surface area contributed by atoms with Crippen LogP contribution in [0.4, 0.5) is 5.82 Å². The van der Waals surface area contributed by atoms with Gasteiger partial charge in [-0.15, -0.1) is 0 Å². The highest BCUT2D eigenvalue weighted by Gasteiger charge is 2.20. The van der Waals surface area contributed by atoms with Gasteiger partial charge in [0.1, 0.15) is 5.82 Å². The topological polar surface area (TPSA) is 98.3 Å². The van der Waals surface area contributed by atoms with Crippen LogP contribution in [0.25, 0.3) is 11.0 Å². The summed E-state index contributed by atoms with van der Waals surface area (Å²) in [4.78, 5) is 33.0. The molecule has 0 fully saturated rings. The molecule has 0 bridgehead atoms. The molecule has 1 aliphatic rings. The molecule has 2 aromatic carbocycles. The average molecular weight is 567 g/mol. The fraction of sp³-hybridized carbons (Fsp3) is 0.343. The highest BCUT2D eigenvalue weighted by atomic mass is 16.4. The molecule has 220 valence electrons. The number of pyridine rings is 1. The second-order valence-corrected chi connectivity index (χ2v) is 11.0. The lowest BCUT2D eigenvalue weighted by molar-refractivity contribution is -0.137. The van der Waals surface area contributed by atoms with Crippen molar-refractivity contribution in [3.05, 3.63) is 108 Å². The first-order valence-corrected chi connectivity index (χ1v) is 14.9. The maximum absolute atomic E-state index is 12.4. The third-order valence-electron chi connectivity index (χ3n) is 7.50. The molecule has 1 amide bonds. The van der Waals surface area contributed by atoms with Gasteiger partial charge in [-0.25, -0.2) is 4.98 Å². The van der Waals surface area contributed by atoms with Gasteiger partial charge < -0.3 is 20.3 Å². The van der Waals surface area contributed by atoms with Crippen LogP contribution in [0.15, 0.2) is 91.3 Å². The predicted molar refractivity (Wildman–Crippen MR) is 169 cm³/mol. The van der Waals surface area contributed by atoms with E-state index >= 15 is 0 Å². The summed E-state index contributed by atoms with van der Waals surface area (Å²) in [6, 6.07) is 24.6. The first kappa shape index (κ1) is 30.6. The van der Waals surface area contributed by atoms with Crippen LogP contribution in [0.1, 0.15) is 68.6 Å². The molecule has 0 aliphatic carbocycles. The van der Waals surface area contributed by atoms with E-state index in [1.165, 1.54) is 16.7 Å².